The standard InChI is InChI=1S/C27H23Cl3O5/c28-11-14-33-21-16-23(34-15-12-29)25-24(17-21)35-27(26(25)32,19-6-8-20(30)9-7-19)22(10-13-31)18-4-2-1-3-5-18/h1-9,13,16-17,22H,10-12,14-15H2/t22-,27-/m0/s1. The van der Waals surface area contributed by atoms with E-state index in [4.69, 9.17) is 49.0 Å². The summed E-state index contributed by atoms with van der Waals surface area (Å²) in [5.74, 6) is 0.629. The third-order valence-electron chi connectivity index (χ3n) is 5.85. The van der Waals surface area contributed by atoms with Crippen LogP contribution in [-0.2, 0) is 10.4 Å². The van der Waals surface area contributed by atoms with Crippen LogP contribution >= 0.6 is 34.8 Å². The van der Waals surface area contributed by atoms with E-state index < -0.39 is 11.5 Å². The maximum Gasteiger partial charge on any atom is 0.219 e. The average Bonchev–Trinajstić information content (AvgIpc) is 3.18. The van der Waals surface area contributed by atoms with Crippen LogP contribution < -0.4 is 14.2 Å². The van der Waals surface area contributed by atoms with Gasteiger partial charge in [0.25, 0.3) is 0 Å². The second-order valence-corrected chi connectivity index (χ2v) is 9.10. The van der Waals surface area contributed by atoms with Crippen LogP contribution in [0.1, 0.15) is 33.8 Å². The largest absolute Gasteiger partial charge is 0.492 e. The van der Waals surface area contributed by atoms with Crippen LogP contribution in [0.15, 0.2) is 66.7 Å². The molecule has 0 saturated heterocycles. The van der Waals surface area contributed by atoms with Gasteiger partial charge in [-0.25, -0.2) is 0 Å². The van der Waals surface area contributed by atoms with Gasteiger partial charge in [-0.15, -0.1) is 23.2 Å². The third-order valence-corrected chi connectivity index (χ3v) is 6.41. The Bertz CT molecular complexity index is 1180. The van der Waals surface area contributed by atoms with Gasteiger partial charge in [0.15, 0.2) is 0 Å². The lowest BCUT2D eigenvalue weighted by molar-refractivity contribution is -0.109. The zero-order valence-corrected chi connectivity index (χ0v) is 21.0. The van der Waals surface area contributed by atoms with E-state index in [1.54, 1.807) is 36.4 Å². The van der Waals surface area contributed by atoms with Gasteiger partial charge in [0, 0.05) is 35.1 Å². The van der Waals surface area contributed by atoms with E-state index in [1.165, 1.54) is 0 Å². The van der Waals surface area contributed by atoms with Crippen LogP contribution in [0.25, 0.3) is 0 Å². The summed E-state index contributed by atoms with van der Waals surface area (Å²) in [5.41, 5.74) is 0.109. The van der Waals surface area contributed by atoms with Crippen LogP contribution in [0.2, 0.25) is 5.02 Å². The zero-order chi connectivity index (χ0) is 24.8. The predicted molar refractivity (Wildman–Crippen MR) is 137 cm³/mol. The van der Waals surface area contributed by atoms with Crippen molar-refractivity contribution in [1.29, 1.82) is 0 Å². The molecule has 0 radical (unpaired) electrons. The van der Waals surface area contributed by atoms with Crippen molar-refractivity contribution in [3.05, 3.63) is 88.4 Å². The van der Waals surface area contributed by atoms with Crippen molar-refractivity contribution in [2.24, 2.45) is 0 Å². The lowest BCUT2D eigenvalue weighted by Crippen LogP contribution is -2.43. The quantitative estimate of drug-likeness (QED) is 0.210. The van der Waals surface area contributed by atoms with E-state index in [0.717, 1.165) is 11.8 Å². The minimum Gasteiger partial charge on any atom is -0.492 e. The zero-order valence-electron chi connectivity index (χ0n) is 18.7. The molecule has 1 aliphatic heterocycles. The van der Waals surface area contributed by atoms with Gasteiger partial charge in [-0.3, -0.25) is 4.79 Å². The summed E-state index contributed by atoms with van der Waals surface area (Å²) < 4.78 is 18.1. The normalized spacial score (nSPS) is 17.4. The summed E-state index contributed by atoms with van der Waals surface area (Å²) in [6.07, 6.45) is 0.856. The van der Waals surface area contributed by atoms with Gasteiger partial charge in [-0.05, 0) is 17.7 Å². The molecule has 0 aromatic heterocycles. The molecule has 2 atom stereocenters. The van der Waals surface area contributed by atoms with E-state index in [0.29, 0.717) is 33.7 Å². The Morgan fingerprint density at radius 2 is 1.63 bits per heavy atom. The number of halogens is 3. The molecule has 1 heterocycles. The number of hydrogen-bond donors (Lipinski definition) is 0. The monoisotopic (exact) mass is 532 g/mol. The number of fused-ring (bicyclic) bond motifs is 1. The first-order chi connectivity index (χ1) is 17.0. The highest BCUT2D eigenvalue weighted by molar-refractivity contribution is 6.30. The number of ether oxygens (including phenoxy) is 3. The van der Waals surface area contributed by atoms with Gasteiger partial charge < -0.3 is 19.0 Å². The van der Waals surface area contributed by atoms with Crippen molar-refractivity contribution < 1.29 is 23.8 Å². The maximum atomic E-state index is 14.4. The SMILES string of the molecule is O=CC[C@@H](c1ccccc1)[C@]1(c2ccc(Cl)cc2)Oc2cc(OCCCl)cc(OCCCl)c2C1=O. The number of benzene rings is 3. The second-order valence-electron chi connectivity index (χ2n) is 7.91. The Labute approximate surface area is 218 Å². The summed E-state index contributed by atoms with van der Waals surface area (Å²) >= 11 is 17.8. The van der Waals surface area contributed by atoms with Crippen LogP contribution in [0.4, 0.5) is 0 Å². The molecule has 0 aliphatic carbocycles. The molecule has 0 unspecified atom stereocenters. The molecule has 0 spiro atoms. The molecule has 8 heteroatoms. The van der Waals surface area contributed by atoms with E-state index in [9.17, 15) is 9.59 Å². The first-order valence-corrected chi connectivity index (χ1v) is 12.5. The Hall–Kier alpha value is -2.73. The Balaban J connectivity index is 1.93. The number of alkyl halides is 2. The highest BCUT2D eigenvalue weighted by atomic mass is 35.5. The molecule has 35 heavy (non-hydrogen) atoms. The second kappa shape index (κ2) is 11.3. The van der Waals surface area contributed by atoms with Crippen molar-refractivity contribution >= 4 is 46.9 Å². The number of aldehydes is 1. The minimum atomic E-state index is -1.53. The molecule has 3 aromatic carbocycles. The van der Waals surface area contributed by atoms with Crippen molar-refractivity contribution in [2.45, 2.75) is 17.9 Å². The van der Waals surface area contributed by atoms with Crippen LogP contribution in [0.5, 0.6) is 17.2 Å². The molecule has 0 fully saturated rings. The van der Waals surface area contributed by atoms with Crippen LogP contribution in [0.3, 0.4) is 0 Å². The number of carbonyl (C=O) groups excluding carboxylic acids is 2. The minimum absolute atomic E-state index is 0.0554. The van der Waals surface area contributed by atoms with E-state index in [-0.39, 0.29) is 36.9 Å². The molecular weight excluding hydrogens is 511 g/mol. The Morgan fingerprint density at radius 3 is 2.29 bits per heavy atom. The number of rotatable bonds is 11. The fourth-order valence-corrected chi connectivity index (χ4v) is 4.69. The van der Waals surface area contributed by atoms with Gasteiger partial charge in [0.2, 0.25) is 11.4 Å². The highest BCUT2D eigenvalue weighted by Gasteiger charge is 2.56. The average molecular weight is 534 g/mol. The molecule has 5 nitrogen and oxygen atoms in total. The van der Waals surface area contributed by atoms with Gasteiger partial charge >= 0.3 is 0 Å². The molecule has 1 aliphatic rings. The lowest BCUT2D eigenvalue weighted by Gasteiger charge is -2.35. The Kier molecular flexibility index (Phi) is 8.22. The topological polar surface area (TPSA) is 61.8 Å². The highest BCUT2D eigenvalue weighted by Crippen LogP contribution is 2.54. The molecule has 0 amide bonds. The van der Waals surface area contributed by atoms with Crippen molar-refractivity contribution in [3.8, 4) is 17.2 Å². The third kappa shape index (κ3) is 4.99. The Morgan fingerprint density at radius 1 is 0.943 bits per heavy atom. The summed E-state index contributed by atoms with van der Waals surface area (Å²) in [6.45, 7) is 0.452. The van der Waals surface area contributed by atoms with E-state index >= 15 is 0 Å². The number of Topliss-reactive ketones (excluding diaryl/α,β-unsaturated/α-hetero) is 1. The van der Waals surface area contributed by atoms with Gasteiger partial charge in [-0.2, -0.15) is 0 Å². The van der Waals surface area contributed by atoms with E-state index in [2.05, 4.69) is 0 Å². The predicted octanol–water partition coefficient (Wildman–Crippen LogP) is 6.42. The fraction of sp³-hybridized carbons (Fsp3) is 0.259. The molecule has 0 saturated carbocycles. The van der Waals surface area contributed by atoms with Crippen molar-refractivity contribution in [1.82, 2.24) is 0 Å². The maximum absolute atomic E-state index is 14.4. The molecular formula is C27H23Cl3O5. The summed E-state index contributed by atoms with van der Waals surface area (Å²) in [7, 11) is 0. The van der Waals surface area contributed by atoms with Crippen LogP contribution in [-0.4, -0.2) is 37.0 Å². The van der Waals surface area contributed by atoms with Gasteiger partial charge in [-0.1, -0.05) is 54.1 Å². The van der Waals surface area contributed by atoms with E-state index in [1.807, 2.05) is 30.3 Å². The number of carbonyl (C=O) groups is 2. The number of hydrogen-bond acceptors (Lipinski definition) is 5. The van der Waals surface area contributed by atoms with Crippen molar-refractivity contribution in [2.75, 3.05) is 25.0 Å². The lowest BCUT2D eigenvalue weighted by atomic mass is 9.72. The fourth-order valence-electron chi connectivity index (χ4n) is 4.41. The summed E-state index contributed by atoms with van der Waals surface area (Å²) in [4.78, 5) is 26.2. The molecule has 182 valence electrons. The number of ketones is 1. The molecule has 3 aromatic rings. The molecule has 0 bridgehead atoms. The first kappa shape index (κ1) is 25.4. The molecule has 0 N–H and O–H groups in total. The summed E-state index contributed by atoms with van der Waals surface area (Å²) in [5, 5.41) is 0.515. The van der Waals surface area contributed by atoms with Gasteiger partial charge in [0.05, 0.1) is 11.8 Å². The van der Waals surface area contributed by atoms with Gasteiger partial charge in [0.1, 0.15) is 42.3 Å². The summed E-state index contributed by atoms with van der Waals surface area (Å²) in [6, 6.07) is 19.5. The smallest absolute Gasteiger partial charge is 0.219 e. The van der Waals surface area contributed by atoms with Crippen LogP contribution in [0, 0.1) is 0 Å². The first-order valence-electron chi connectivity index (χ1n) is 11.1. The molecule has 4 rings (SSSR count). The van der Waals surface area contributed by atoms with Crippen molar-refractivity contribution in [3.63, 3.8) is 0 Å².